The maximum absolute atomic E-state index is 6.13. The molecule has 1 aromatic heterocycles. The van der Waals surface area contributed by atoms with Crippen LogP contribution in [0.3, 0.4) is 0 Å². The Morgan fingerprint density at radius 2 is 2.16 bits per heavy atom. The van der Waals surface area contributed by atoms with Gasteiger partial charge in [-0.25, -0.2) is 0 Å². The van der Waals surface area contributed by atoms with Crippen LogP contribution in [0.4, 0.5) is 0 Å². The van der Waals surface area contributed by atoms with Gasteiger partial charge in [-0.05, 0) is 30.7 Å². The highest BCUT2D eigenvalue weighted by atomic mass is 35.5. The Balaban J connectivity index is 2.18. The lowest BCUT2D eigenvalue weighted by Gasteiger charge is -2.12. The van der Waals surface area contributed by atoms with Crippen LogP contribution < -0.4 is 10.5 Å². The zero-order valence-electron chi connectivity index (χ0n) is 10.3. The minimum absolute atomic E-state index is 0.177. The van der Waals surface area contributed by atoms with Crippen molar-refractivity contribution in [3.8, 4) is 5.75 Å². The Morgan fingerprint density at radius 3 is 2.79 bits per heavy atom. The van der Waals surface area contributed by atoms with Gasteiger partial charge in [0.25, 0.3) is 0 Å². The molecule has 0 spiro atoms. The maximum Gasteiger partial charge on any atom is 0.223 e. The number of halogens is 2. The number of hydrogen-bond acceptors (Lipinski definition) is 5. The summed E-state index contributed by atoms with van der Waals surface area (Å²) >= 11 is 12.1. The number of nitrogens with two attached hydrogens (primary N) is 1. The van der Waals surface area contributed by atoms with E-state index in [0.717, 1.165) is 5.56 Å². The molecular formula is C12H13Cl2N3O2. The molecule has 0 unspecified atom stereocenters. The summed E-state index contributed by atoms with van der Waals surface area (Å²) in [7, 11) is 0. The number of aromatic nitrogens is 2. The molecule has 2 rings (SSSR count). The summed E-state index contributed by atoms with van der Waals surface area (Å²) in [6.45, 7) is 2.37. The molecule has 7 heteroatoms. The van der Waals surface area contributed by atoms with Gasteiger partial charge in [0.05, 0.1) is 5.02 Å². The van der Waals surface area contributed by atoms with Crippen molar-refractivity contribution in [3.05, 3.63) is 39.5 Å². The third-order valence-corrected chi connectivity index (χ3v) is 2.91. The van der Waals surface area contributed by atoms with Gasteiger partial charge in [0, 0.05) is 11.9 Å². The van der Waals surface area contributed by atoms with Crippen LogP contribution in [0.5, 0.6) is 5.75 Å². The van der Waals surface area contributed by atoms with Crippen LogP contribution >= 0.6 is 23.2 Å². The first-order valence-corrected chi connectivity index (χ1v) is 6.45. The van der Waals surface area contributed by atoms with Crippen molar-refractivity contribution in [3.63, 3.8) is 0 Å². The fraction of sp³-hybridized carbons (Fsp3) is 0.333. The van der Waals surface area contributed by atoms with Crippen molar-refractivity contribution < 1.29 is 9.26 Å². The molecular weight excluding hydrogens is 289 g/mol. The normalized spacial score (nSPS) is 10.7. The summed E-state index contributed by atoms with van der Waals surface area (Å²) in [4.78, 5) is 4.05. The molecule has 0 radical (unpaired) electrons. The molecule has 0 bridgehead atoms. The summed E-state index contributed by atoms with van der Waals surface area (Å²) < 4.78 is 10.5. The van der Waals surface area contributed by atoms with Gasteiger partial charge in [0.1, 0.15) is 5.75 Å². The lowest BCUT2D eigenvalue weighted by molar-refractivity contribution is 0.283. The van der Waals surface area contributed by atoms with Crippen molar-refractivity contribution in [1.82, 2.24) is 10.1 Å². The molecule has 0 saturated carbocycles. The van der Waals surface area contributed by atoms with E-state index in [9.17, 15) is 0 Å². The second-order valence-corrected chi connectivity index (χ2v) is 4.78. The molecule has 0 saturated heterocycles. The fourth-order valence-corrected chi connectivity index (χ4v) is 2.24. The molecule has 1 heterocycles. The predicted octanol–water partition coefficient (Wildman–Crippen LogP) is 2.77. The predicted molar refractivity (Wildman–Crippen MR) is 72.6 cm³/mol. The van der Waals surface area contributed by atoms with E-state index in [4.69, 9.17) is 38.2 Å². The Kier molecular flexibility index (Phi) is 4.63. The largest absolute Gasteiger partial charge is 0.484 e. The molecule has 102 valence electrons. The minimum Gasteiger partial charge on any atom is -0.484 e. The van der Waals surface area contributed by atoms with Gasteiger partial charge >= 0.3 is 0 Å². The van der Waals surface area contributed by atoms with Gasteiger partial charge in [-0.3, -0.25) is 0 Å². The van der Waals surface area contributed by atoms with E-state index in [1.54, 1.807) is 19.1 Å². The molecule has 0 aliphatic rings. The topological polar surface area (TPSA) is 74.2 Å². The van der Waals surface area contributed by atoms with Crippen molar-refractivity contribution >= 4 is 23.2 Å². The van der Waals surface area contributed by atoms with E-state index in [1.165, 1.54) is 0 Å². The first-order valence-electron chi connectivity index (χ1n) is 5.70. The third kappa shape index (κ3) is 3.59. The summed E-state index contributed by atoms with van der Waals surface area (Å²) in [5, 5.41) is 4.74. The van der Waals surface area contributed by atoms with Crippen LogP contribution in [-0.2, 0) is 13.0 Å². The summed E-state index contributed by atoms with van der Waals surface area (Å²) in [6.07, 6.45) is 0.626. The maximum atomic E-state index is 6.13. The number of hydrogen-bond donors (Lipinski definition) is 1. The highest BCUT2D eigenvalue weighted by Gasteiger charge is 2.12. The zero-order valence-corrected chi connectivity index (χ0v) is 11.8. The quantitative estimate of drug-likeness (QED) is 0.919. The molecule has 1 aromatic carbocycles. The van der Waals surface area contributed by atoms with Gasteiger partial charge in [0.2, 0.25) is 11.7 Å². The molecule has 0 aliphatic heterocycles. The van der Waals surface area contributed by atoms with Crippen molar-refractivity contribution in [2.75, 3.05) is 6.54 Å². The van der Waals surface area contributed by atoms with E-state index < -0.39 is 0 Å². The summed E-state index contributed by atoms with van der Waals surface area (Å²) in [5.74, 6) is 1.50. The smallest absolute Gasteiger partial charge is 0.223 e. The monoisotopic (exact) mass is 301 g/mol. The highest BCUT2D eigenvalue weighted by Crippen LogP contribution is 2.33. The summed E-state index contributed by atoms with van der Waals surface area (Å²) in [5.41, 5.74) is 6.42. The lowest BCUT2D eigenvalue weighted by Crippen LogP contribution is -2.06. The van der Waals surface area contributed by atoms with Gasteiger partial charge in [-0.1, -0.05) is 28.4 Å². The Morgan fingerprint density at radius 1 is 1.37 bits per heavy atom. The Bertz CT molecular complexity index is 572. The standard InChI is InChI=1S/C12H13Cl2N3O2/c1-7-16-11(17-19-7)6-18-12-8(2-3-15)4-9(13)5-10(12)14/h4-5H,2-3,6,15H2,1H3. The van der Waals surface area contributed by atoms with Crippen molar-refractivity contribution in [1.29, 1.82) is 0 Å². The summed E-state index contributed by atoms with van der Waals surface area (Å²) in [6, 6.07) is 3.41. The van der Waals surface area contributed by atoms with Crippen molar-refractivity contribution in [2.24, 2.45) is 5.73 Å². The van der Waals surface area contributed by atoms with E-state index in [-0.39, 0.29) is 6.61 Å². The number of ether oxygens (including phenoxy) is 1. The molecule has 5 nitrogen and oxygen atoms in total. The van der Waals surface area contributed by atoms with Gasteiger partial charge in [0.15, 0.2) is 6.61 Å². The van der Waals surface area contributed by atoms with E-state index >= 15 is 0 Å². The minimum atomic E-state index is 0.177. The number of rotatable bonds is 5. The average Bonchev–Trinajstić information content (AvgIpc) is 2.74. The van der Waals surface area contributed by atoms with E-state index in [2.05, 4.69) is 10.1 Å². The molecule has 0 atom stereocenters. The Hall–Kier alpha value is -1.30. The second kappa shape index (κ2) is 6.23. The first kappa shape index (κ1) is 14.1. The number of benzene rings is 1. The zero-order chi connectivity index (χ0) is 13.8. The van der Waals surface area contributed by atoms with E-state index in [1.807, 2.05) is 0 Å². The fourth-order valence-electron chi connectivity index (χ4n) is 1.65. The van der Waals surface area contributed by atoms with Crippen LogP contribution in [0.1, 0.15) is 17.3 Å². The molecule has 2 aromatic rings. The molecule has 0 amide bonds. The van der Waals surface area contributed by atoms with Crippen LogP contribution in [0.2, 0.25) is 10.0 Å². The lowest BCUT2D eigenvalue weighted by atomic mass is 10.1. The van der Waals surface area contributed by atoms with Crippen molar-refractivity contribution in [2.45, 2.75) is 20.0 Å². The van der Waals surface area contributed by atoms with Gasteiger partial charge < -0.3 is 15.0 Å². The molecule has 0 aliphatic carbocycles. The second-order valence-electron chi connectivity index (χ2n) is 3.93. The SMILES string of the molecule is Cc1nc(COc2c(Cl)cc(Cl)cc2CCN)no1. The van der Waals surface area contributed by atoms with Gasteiger partial charge in [-0.15, -0.1) is 0 Å². The van der Waals surface area contributed by atoms with Crippen LogP contribution in [0, 0.1) is 6.92 Å². The average molecular weight is 302 g/mol. The van der Waals surface area contributed by atoms with E-state index in [0.29, 0.717) is 40.5 Å². The number of aryl methyl sites for hydroxylation is 1. The van der Waals surface area contributed by atoms with Crippen LogP contribution in [-0.4, -0.2) is 16.7 Å². The van der Waals surface area contributed by atoms with Gasteiger partial charge in [-0.2, -0.15) is 4.98 Å². The Labute approximate surface area is 120 Å². The first-order chi connectivity index (χ1) is 9.10. The molecule has 19 heavy (non-hydrogen) atoms. The molecule has 2 N–H and O–H groups in total. The third-order valence-electron chi connectivity index (χ3n) is 2.41. The molecule has 0 fully saturated rings. The van der Waals surface area contributed by atoms with Crippen LogP contribution in [0.25, 0.3) is 0 Å². The van der Waals surface area contributed by atoms with Crippen LogP contribution in [0.15, 0.2) is 16.7 Å². The number of nitrogens with zero attached hydrogens (tertiary/aromatic N) is 2. The highest BCUT2D eigenvalue weighted by molar-refractivity contribution is 6.35.